The van der Waals surface area contributed by atoms with Crippen LogP contribution in [-0.4, -0.2) is 49.5 Å². The van der Waals surface area contributed by atoms with E-state index in [2.05, 4.69) is 220 Å². The van der Waals surface area contributed by atoms with Gasteiger partial charge in [-0.05, 0) is 142 Å². The van der Waals surface area contributed by atoms with Crippen LogP contribution in [-0.2, 0) is 44.9 Å². The SMILES string of the molecule is BrCCCc1ccccc1.NCCc1ccccc1.c1ccc(CCCN(CCCc2ccccc2)CCc2ccccc2)cc1.c1ccc(CCCNCCc2ccccc2)cc1. The minimum atomic E-state index is 0.740. The Morgan fingerprint density at radius 1 is 0.312 bits per heavy atom. The zero-order valence-electron chi connectivity index (χ0n) is 38.3. The Balaban J connectivity index is 0.000000207. The van der Waals surface area contributed by atoms with E-state index in [9.17, 15) is 0 Å². The minimum absolute atomic E-state index is 0.740. The molecule has 7 rings (SSSR count). The van der Waals surface area contributed by atoms with Crippen LogP contribution in [0.5, 0.6) is 0 Å². The van der Waals surface area contributed by atoms with Gasteiger partial charge in [0.15, 0.2) is 0 Å². The van der Waals surface area contributed by atoms with Gasteiger partial charge in [0.05, 0.1) is 0 Å². The Kier molecular flexibility index (Phi) is 28.4. The van der Waals surface area contributed by atoms with Crippen LogP contribution in [0.4, 0.5) is 0 Å². The number of nitrogens with one attached hydrogen (secondary N) is 1. The lowest BCUT2D eigenvalue weighted by atomic mass is 10.1. The van der Waals surface area contributed by atoms with Crippen LogP contribution in [0.3, 0.4) is 0 Å². The van der Waals surface area contributed by atoms with Crippen LogP contribution in [0.2, 0.25) is 0 Å². The van der Waals surface area contributed by atoms with Crippen molar-refractivity contribution in [2.24, 2.45) is 5.73 Å². The van der Waals surface area contributed by atoms with E-state index in [1.807, 2.05) is 18.2 Å². The van der Waals surface area contributed by atoms with Gasteiger partial charge in [0, 0.05) is 11.9 Å². The van der Waals surface area contributed by atoms with Gasteiger partial charge in [0.1, 0.15) is 0 Å². The maximum Gasteiger partial charge on any atom is 0.00344 e. The van der Waals surface area contributed by atoms with Crippen molar-refractivity contribution < 1.29 is 0 Å². The molecule has 0 amide bonds. The molecular weight excluding hydrogens is 843 g/mol. The number of aryl methyl sites for hydroxylation is 4. The fraction of sp³-hybridized carbons (Fsp3) is 0.300. The average molecular weight is 917 g/mol. The number of nitrogens with zero attached hydrogens (tertiary/aromatic N) is 1. The summed E-state index contributed by atoms with van der Waals surface area (Å²) in [5.74, 6) is 0. The Hall–Kier alpha value is -5.10. The van der Waals surface area contributed by atoms with E-state index in [1.54, 1.807) is 0 Å². The summed E-state index contributed by atoms with van der Waals surface area (Å²) in [5.41, 5.74) is 15.3. The number of nitrogens with two attached hydrogens (primary N) is 1. The molecule has 0 radical (unpaired) electrons. The number of alkyl halides is 1. The lowest BCUT2D eigenvalue weighted by molar-refractivity contribution is 0.270. The molecule has 0 fully saturated rings. The standard InChI is InChI=1S/C26H31N.C17H21N.C9H11Br.C8H11N/c1-4-12-24(13-5-1)18-10-21-27(23-20-26-16-8-3-9-17-26)22-11-19-25-14-6-2-7-15-25;1-3-8-16(9-4-1)12-7-14-18-15-13-17-10-5-2-6-11-17;10-8-4-7-9-5-2-1-3-6-9;9-7-6-8-4-2-1-3-5-8/h1-9,12-17H,10-11,18-23H2;1-6,8-11,18H,7,12-15H2;1-3,5-6H,4,7-8H2;1-5H,6-7,9H2. The highest BCUT2D eigenvalue weighted by atomic mass is 79.9. The number of hydrogen-bond donors (Lipinski definition) is 2. The monoisotopic (exact) mass is 916 g/mol. The summed E-state index contributed by atoms with van der Waals surface area (Å²) in [7, 11) is 0. The molecule has 0 bridgehead atoms. The lowest BCUT2D eigenvalue weighted by Gasteiger charge is -2.22. The highest BCUT2D eigenvalue weighted by Gasteiger charge is 2.06. The third kappa shape index (κ3) is 25.3. The largest absolute Gasteiger partial charge is 0.330 e. The van der Waals surface area contributed by atoms with Gasteiger partial charge in [-0.1, -0.05) is 228 Å². The Morgan fingerprint density at radius 3 is 0.953 bits per heavy atom. The predicted molar refractivity (Wildman–Crippen MR) is 282 cm³/mol. The van der Waals surface area contributed by atoms with Crippen molar-refractivity contribution in [3.05, 3.63) is 251 Å². The molecule has 0 unspecified atom stereocenters. The second kappa shape index (κ2) is 35.3. The zero-order chi connectivity index (χ0) is 44.8. The number of benzene rings is 7. The molecule has 0 saturated carbocycles. The topological polar surface area (TPSA) is 41.3 Å². The fourth-order valence-electron chi connectivity index (χ4n) is 7.36. The van der Waals surface area contributed by atoms with Crippen molar-refractivity contribution in [2.75, 3.05) is 44.6 Å². The maximum absolute atomic E-state index is 5.36. The molecule has 3 nitrogen and oxygen atoms in total. The molecular formula is C60H74BrN3. The summed E-state index contributed by atoms with van der Waals surface area (Å²) in [5, 5.41) is 4.60. The summed E-state index contributed by atoms with van der Waals surface area (Å²) in [6.45, 7) is 6.41. The molecule has 7 aromatic carbocycles. The molecule has 0 saturated heterocycles. The van der Waals surface area contributed by atoms with Gasteiger partial charge in [0.25, 0.3) is 0 Å². The second-order valence-corrected chi connectivity index (χ2v) is 16.9. The Morgan fingerprint density at radius 2 is 0.609 bits per heavy atom. The Labute approximate surface area is 396 Å². The Bertz CT molecular complexity index is 1960. The zero-order valence-corrected chi connectivity index (χ0v) is 39.9. The number of hydrogen-bond acceptors (Lipinski definition) is 3. The van der Waals surface area contributed by atoms with Crippen LogP contribution in [0, 0.1) is 0 Å². The summed E-state index contributed by atoms with van der Waals surface area (Å²) < 4.78 is 0. The van der Waals surface area contributed by atoms with Gasteiger partial charge in [-0.3, -0.25) is 0 Å². The van der Waals surface area contributed by atoms with Crippen LogP contribution < -0.4 is 11.1 Å². The van der Waals surface area contributed by atoms with Crippen LogP contribution in [0.1, 0.15) is 64.6 Å². The van der Waals surface area contributed by atoms with E-state index in [1.165, 1.54) is 103 Å². The van der Waals surface area contributed by atoms with Gasteiger partial charge in [-0.25, -0.2) is 0 Å². The highest BCUT2D eigenvalue weighted by molar-refractivity contribution is 9.09. The molecule has 0 aromatic heterocycles. The molecule has 3 N–H and O–H groups in total. The van der Waals surface area contributed by atoms with E-state index >= 15 is 0 Å². The first-order chi connectivity index (χ1) is 31.7. The van der Waals surface area contributed by atoms with Crippen molar-refractivity contribution >= 4 is 15.9 Å². The van der Waals surface area contributed by atoms with E-state index in [0.29, 0.717) is 0 Å². The smallest absolute Gasteiger partial charge is 0.00344 e. The first-order valence-corrected chi connectivity index (χ1v) is 24.8. The first-order valence-electron chi connectivity index (χ1n) is 23.7. The lowest BCUT2D eigenvalue weighted by Crippen LogP contribution is -2.29. The van der Waals surface area contributed by atoms with Gasteiger partial charge in [0.2, 0.25) is 0 Å². The van der Waals surface area contributed by atoms with Crippen LogP contribution >= 0.6 is 15.9 Å². The molecule has 0 aliphatic heterocycles. The molecule has 0 heterocycles. The highest BCUT2D eigenvalue weighted by Crippen LogP contribution is 2.10. The first kappa shape index (κ1) is 51.5. The third-order valence-corrected chi connectivity index (χ3v) is 11.5. The maximum atomic E-state index is 5.36. The van der Waals surface area contributed by atoms with Gasteiger partial charge in [-0.2, -0.15) is 0 Å². The molecule has 0 aliphatic carbocycles. The number of halogens is 1. The van der Waals surface area contributed by atoms with Crippen molar-refractivity contribution in [3.8, 4) is 0 Å². The summed E-state index contributed by atoms with van der Waals surface area (Å²) in [4.78, 5) is 2.65. The van der Waals surface area contributed by atoms with Crippen molar-refractivity contribution in [1.29, 1.82) is 0 Å². The summed E-state index contributed by atoms with van der Waals surface area (Å²) in [6, 6.07) is 74.7. The number of rotatable bonds is 23. The quantitative estimate of drug-likeness (QED) is 0.0496. The molecule has 4 heteroatoms. The molecule has 0 spiro atoms. The molecule has 0 atom stereocenters. The molecule has 64 heavy (non-hydrogen) atoms. The summed E-state index contributed by atoms with van der Waals surface area (Å²) >= 11 is 3.41. The van der Waals surface area contributed by atoms with E-state index < -0.39 is 0 Å². The van der Waals surface area contributed by atoms with Gasteiger partial charge in [-0.15, -0.1) is 0 Å². The normalized spacial score (nSPS) is 10.4. The molecule has 336 valence electrons. The van der Waals surface area contributed by atoms with Gasteiger partial charge >= 0.3 is 0 Å². The molecule has 7 aromatic rings. The van der Waals surface area contributed by atoms with Gasteiger partial charge < -0.3 is 16.0 Å². The van der Waals surface area contributed by atoms with Crippen molar-refractivity contribution in [2.45, 2.75) is 70.6 Å². The minimum Gasteiger partial charge on any atom is -0.330 e. The third-order valence-electron chi connectivity index (χ3n) is 10.9. The van der Waals surface area contributed by atoms with Crippen molar-refractivity contribution in [1.82, 2.24) is 10.2 Å². The predicted octanol–water partition coefficient (Wildman–Crippen LogP) is 13.5. The molecule has 0 aliphatic rings. The second-order valence-electron chi connectivity index (χ2n) is 16.1. The summed E-state index contributed by atoms with van der Waals surface area (Å²) in [6.07, 6.45) is 12.8. The van der Waals surface area contributed by atoms with E-state index in [4.69, 9.17) is 5.73 Å². The van der Waals surface area contributed by atoms with Crippen molar-refractivity contribution in [3.63, 3.8) is 0 Å². The van der Waals surface area contributed by atoms with E-state index in [0.717, 1.165) is 50.8 Å². The average Bonchev–Trinajstić information content (AvgIpc) is 3.36. The fourth-order valence-corrected chi connectivity index (χ4v) is 7.64. The van der Waals surface area contributed by atoms with Crippen LogP contribution in [0.25, 0.3) is 0 Å². The van der Waals surface area contributed by atoms with Crippen LogP contribution in [0.15, 0.2) is 212 Å². The van der Waals surface area contributed by atoms with E-state index in [-0.39, 0.29) is 0 Å².